The lowest BCUT2D eigenvalue weighted by atomic mass is 10.0. The van der Waals surface area contributed by atoms with Crippen molar-refractivity contribution in [3.63, 3.8) is 0 Å². The Hall–Kier alpha value is -3.66. The second kappa shape index (κ2) is 11.4. The average molecular weight is 496 g/mol. The quantitative estimate of drug-likeness (QED) is 0.602. The van der Waals surface area contributed by atoms with Gasteiger partial charge in [-0.15, -0.1) is 0 Å². The zero-order valence-corrected chi connectivity index (χ0v) is 20.7. The largest absolute Gasteiger partial charge is 0.459 e. The average Bonchev–Trinajstić information content (AvgIpc) is 3.41. The van der Waals surface area contributed by atoms with Gasteiger partial charge in [-0.05, 0) is 35.7 Å². The summed E-state index contributed by atoms with van der Waals surface area (Å²) in [6.07, 6.45) is 1.35. The van der Waals surface area contributed by atoms with Gasteiger partial charge < -0.3 is 24.9 Å². The summed E-state index contributed by atoms with van der Waals surface area (Å²) < 4.78 is 5.19. The summed E-state index contributed by atoms with van der Waals surface area (Å²) in [6.45, 7) is 7.07. The molecule has 0 spiro atoms. The van der Waals surface area contributed by atoms with Crippen LogP contribution < -0.4 is 10.6 Å². The van der Waals surface area contributed by atoms with E-state index < -0.39 is 6.04 Å². The molecule has 192 valence electrons. The summed E-state index contributed by atoms with van der Waals surface area (Å²) in [5.41, 5.74) is 1.82. The van der Waals surface area contributed by atoms with Crippen LogP contribution in [0.4, 0.5) is 5.69 Å². The monoisotopic (exact) mass is 495 g/mol. The van der Waals surface area contributed by atoms with E-state index in [1.165, 1.54) is 16.7 Å². The Kier molecular flexibility index (Phi) is 8.04. The molecule has 2 saturated heterocycles. The van der Waals surface area contributed by atoms with Crippen LogP contribution in [0.3, 0.4) is 0 Å². The first kappa shape index (κ1) is 25.4. The van der Waals surface area contributed by atoms with Gasteiger partial charge in [-0.3, -0.25) is 24.1 Å². The zero-order chi connectivity index (χ0) is 25.7. The highest BCUT2D eigenvalue weighted by molar-refractivity contribution is 5.97. The number of carbonyl (C=O) groups excluding carboxylic acids is 4. The highest BCUT2D eigenvalue weighted by Gasteiger charge is 2.35. The molecule has 10 heteroatoms. The van der Waals surface area contributed by atoms with Crippen molar-refractivity contribution in [3.05, 3.63) is 54.0 Å². The SMILES string of the molecule is CC(C)c1ccc(NC(=O)CC2C(=O)NCCN2C(=O)CN2CCN(C(=O)c3ccco3)CC2)cc1. The van der Waals surface area contributed by atoms with E-state index in [2.05, 4.69) is 24.5 Å². The summed E-state index contributed by atoms with van der Waals surface area (Å²) >= 11 is 0. The fourth-order valence-corrected chi connectivity index (χ4v) is 4.50. The first-order chi connectivity index (χ1) is 17.3. The maximum absolute atomic E-state index is 13.1. The van der Waals surface area contributed by atoms with Gasteiger partial charge in [0.25, 0.3) is 5.91 Å². The Labute approximate surface area is 210 Å². The van der Waals surface area contributed by atoms with Crippen LogP contribution in [0.2, 0.25) is 0 Å². The Morgan fingerprint density at radius 2 is 1.78 bits per heavy atom. The highest BCUT2D eigenvalue weighted by Crippen LogP contribution is 2.18. The van der Waals surface area contributed by atoms with E-state index in [-0.39, 0.29) is 36.6 Å². The summed E-state index contributed by atoms with van der Waals surface area (Å²) in [5, 5.41) is 5.59. The molecule has 10 nitrogen and oxygen atoms in total. The molecule has 1 unspecified atom stereocenters. The van der Waals surface area contributed by atoms with Gasteiger partial charge >= 0.3 is 0 Å². The molecule has 0 bridgehead atoms. The number of anilines is 1. The van der Waals surface area contributed by atoms with Gasteiger partial charge in [-0.1, -0.05) is 26.0 Å². The molecule has 0 saturated carbocycles. The third-order valence-corrected chi connectivity index (χ3v) is 6.64. The molecule has 1 aromatic carbocycles. The number of benzene rings is 1. The number of nitrogens with zero attached hydrogens (tertiary/aromatic N) is 3. The maximum Gasteiger partial charge on any atom is 0.289 e. The lowest BCUT2D eigenvalue weighted by Gasteiger charge is -2.38. The minimum Gasteiger partial charge on any atom is -0.459 e. The van der Waals surface area contributed by atoms with Crippen LogP contribution in [0.25, 0.3) is 0 Å². The Balaban J connectivity index is 1.30. The molecule has 1 atom stereocenters. The number of carbonyl (C=O) groups is 4. The van der Waals surface area contributed by atoms with Crippen molar-refractivity contribution in [2.24, 2.45) is 0 Å². The standard InChI is InChI=1S/C26H33N5O5/c1-18(2)19-5-7-20(8-6-19)28-23(32)16-21-25(34)27-9-10-31(21)24(33)17-29-11-13-30(14-12-29)26(35)22-4-3-15-36-22/h3-8,15,18,21H,9-14,16-17H2,1-2H3,(H,27,34)(H,28,32). The van der Waals surface area contributed by atoms with Crippen molar-refractivity contribution < 1.29 is 23.6 Å². The molecule has 3 heterocycles. The van der Waals surface area contributed by atoms with E-state index in [4.69, 9.17) is 4.42 Å². The molecule has 2 aromatic rings. The second-order valence-corrected chi connectivity index (χ2v) is 9.47. The van der Waals surface area contributed by atoms with E-state index >= 15 is 0 Å². The van der Waals surface area contributed by atoms with Crippen molar-refractivity contribution in [1.29, 1.82) is 0 Å². The molecular weight excluding hydrogens is 462 g/mol. The lowest BCUT2D eigenvalue weighted by Crippen LogP contribution is -2.60. The third kappa shape index (κ3) is 6.12. The van der Waals surface area contributed by atoms with E-state index in [9.17, 15) is 19.2 Å². The zero-order valence-electron chi connectivity index (χ0n) is 20.7. The fourth-order valence-electron chi connectivity index (χ4n) is 4.50. The molecule has 2 aliphatic rings. The van der Waals surface area contributed by atoms with Crippen molar-refractivity contribution in [2.75, 3.05) is 51.1 Å². The molecular formula is C26H33N5O5. The summed E-state index contributed by atoms with van der Waals surface area (Å²) in [4.78, 5) is 56.1. The Morgan fingerprint density at radius 3 is 2.42 bits per heavy atom. The van der Waals surface area contributed by atoms with E-state index in [0.29, 0.717) is 56.6 Å². The topological polar surface area (TPSA) is 115 Å². The van der Waals surface area contributed by atoms with Gasteiger partial charge in [0.05, 0.1) is 19.2 Å². The van der Waals surface area contributed by atoms with Crippen LogP contribution >= 0.6 is 0 Å². The van der Waals surface area contributed by atoms with Crippen LogP contribution in [-0.4, -0.2) is 90.2 Å². The number of furan rings is 1. The number of hydrogen-bond acceptors (Lipinski definition) is 6. The predicted octanol–water partition coefficient (Wildman–Crippen LogP) is 1.52. The summed E-state index contributed by atoms with van der Waals surface area (Å²) in [5.74, 6) is -0.320. The van der Waals surface area contributed by atoms with Crippen LogP contribution in [0.1, 0.15) is 42.3 Å². The summed E-state index contributed by atoms with van der Waals surface area (Å²) in [7, 11) is 0. The number of rotatable bonds is 7. The van der Waals surface area contributed by atoms with Gasteiger partial charge in [0.2, 0.25) is 17.7 Å². The molecule has 36 heavy (non-hydrogen) atoms. The van der Waals surface area contributed by atoms with Crippen LogP contribution in [-0.2, 0) is 14.4 Å². The fraction of sp³-hybridized carbons (Fsp3) is 0.462. The van der Waals surface area contributed by atoms with Gasteiger partial charge in [-0.25, -0.2) is 0 Å². The van der Waals surface area contributed by atoms with Gasteiger partial charge in [-0.2, -0.15) is 0 Å². The maximum atomic E-state index is 13.1. The number of amides is 4. The van der Waals surface area contributed by atoms with E-state index in [1.807, 2.05) is 29.2 Å². The number of piperazine rings is 2. The smallest absolute Gasteiger partial charge is 0.289 e. The van der Waals surface area contributed by atoms with Gasteiger partial charge in [0, 0.05) is 45.0 Å². The Bertz CT molecular complexity index is 1070. The molecule has 0 aliphatic carbocycles. The molecule has 2 aliphatic heterocycles. The molecule has 2 N–H and O–H groups in total. The predicted molar refractivity (Wildman–Crippen MR) is 133 cm³/mol. The van der Waals surface area contributed by atoms with E-state index in [0.717, 1.165) is 0 Å². The van der Waals surface area contributed by atoms with Crippen molar-refractivity contribution in [1.82, 2.24) is 20.0 Å². The van der Waals surface area contributed by atoms with Crippen LogP contribution in [0.15, 0.2) is 47.1 Å². The van der Waals surface area contributed by atoms with Crippen molar-refractivity contribution in [3.8, 4) is 0 Å². The number of nitrogens with one attached hydrogen (secondary N) is 2. The molecule has 0 radical (unpaired) electrons. The molecule has 1 aromatic heterocycles. The van der Waals surface area contributed by atoms with Crippen molar-refractivity contribution in [2.45, 2.75) is 32.2 Å². The number of hydrogen-bond donors (Lipinski definition) is 2. The van der Waals surface area contributed by atoms with E-state index in [1.54, 1.807) is 17.0 Å². The minimum absolute atomic E-state index is 0.116. The summed E-state index contributed by atoms with van der Waals surface area (Å²) in [6, 6.07) is 10.1. The second-order valence-electron chi connectivity index (χ2n) is 9.47. The minimum atomic E-state index is -0.858. The van der Waals surface area contributed by atoms with Crippen LogP contribution in [0, 0.1) is 0 Å². The third-order valence-electron chi connectivity index (χ3n) is 6.64. The molecule has 4 rings (SSSR count). The first-order valence-corrected chi connectivity index (χ1v) is 12.3. The Morgan fingerprint density at radius 1 is 1.06 bits per heavy atom. The molecule has 2 fully saturated rings. The lowest BCUT2D eigenvalue weighted by molar-refractivity contribution is -0.145. The molecule has 4 amide bonds. The van der Waals surface area contributed by atoms with Gasteiger partial charge in [0.1, 0.15) is 6.04 Å². The first-order valence-electron chi connectivity index (χ1n) is 12.3. The van der Waals surface area contributed by atoms with Crippen LogP contribution in [0.5, 0.6) is 0 Å². The van der Waals surface area contributed by atoms with Gasteiger partial charge in [0.15, 0.2) is 5.76 Å². The highest BCUT2D eigenvalue weighted by atomic mass is 16.3. The van der Waals surface area contributed by atoms with Crippen molar-refractivity contribution >= 4 is 29.3 Å². The normalized spacial score (nSPS) is 18.8.